The normalized spacial score (nSPS) is 12.0. The number of nitrogens with one attached hydrogen (secondary N) is 1. The fourth-order valence-corrected chi connectivity index (χ4v) is 1.41. The molecule has 0 aliphatic rings. The van der Waals surface area contributed by atoms with Crippen LogP contribution in [0.25, 0.3) is 0 Å². The molecule has 0 aliphatic carbocycles. The fraction of sp³-hybridized carbons (Fsp3) is 0.875. The molecule has 0 fully saturated rings. The van der Waals surface area contributed by atoms with E-state index < -0.39 is 68.6 Å². The summed E-state index contributed by atoms with van der Waals surface area (Å²) in [6.07, 6.45) is -14.2. The number of halogens is 16. The number of alkyl halides is 15. The molecule has 38 heavy (non-hydrogen) atoms. The predicted octanol–water partition coefficient (Wildman–Crippen LogP) is 4.21. The average molecular weight is 609 g/mol. The van der Waals surface area contributed by atoms with Crippen molar-refractivity contribution in [2.45, 2.75) is 44.5 Å². The molecular weight excluding hydrogens is 586 g/mol. The number of hydrogen-bond donors (Lipinski definition) is 1. The first-order valence-electron chi connectivity index (χ1n) is 9.27. The molecule has 6 nitrogen and oxygen atoms in total. The third-order valence-electron chi connectivity index (χ3n) is 3.13. The minimum Gasteiger partial charge on any atom is -0.544 e. The van der Waals surface area contributed by atoms with Gasteiger partial charge >= 0.3 is 44.2 Å². The van der Waals surface area contributed by atoms with Gasteiger partial charge in [0.2, 0.25) is 0 Å². The lowest BCUT2D eigenvalue weighted by Crippen LogP contribution is -2.49. The number of aliphatic carboxylic acids is 1. The van der Waals surface area contributed by atoms with Crippen molar-refractivity contribution in [3.05, 3.63) is 0 Å². The van der Waals surface area contributed by atoms with Gasteiger partial charge in [0.05, 0.1) is 26.6 Å². The molecular formula is C16H23F16N3O3. The van der Waals surface area contributed by atoms with E-state index >= 15 is 0 Å². The number of quaternary nitrogens is 1. The number of amides is 1. The molecule has 1 amide bonds. The molecule has 0 aliphatic heterocycles. The number of carbonyl (C=O) groups is 2. The Labute approximate surface area is 204 Å². The lowest BCUT2D eigenvalue weighted by Gasteiger charge is -2.29. The number of carboxylic acid groups (broad SMARTS) is 1. The Bertz CT molecular complexity index is 603. The largest absolute Gasteiger partial charge is 0.544 e. The van der Waals surface area contributed by atoms with Crippen LogP contribution in [0.5, 0.6) is 0 Å². The highest BCUT2D eigenvalue weighted by molar-refractivity contribution is 5.65. The number of nitrogens with zero attached hydrogens (tertiary/aromatic N) is 2. The number of likely N-dealkylation sites (N-methyl/N-ethyl adjacent to an activating group) is 1. The van der Waals surface area contributed by atoms with E-state index in [9.17, 15) is 84.9 Å². The van der Waals surface area contributed by atoms with E-state index in [0.29, 0.717) is 13.0 Å². The summed E-state index contributed by atoms with van der Waals surface area (Å²) < 4.78 is 175. The Morgan fingerprint density at radius 3 is 1.39 bits per heavy atom. The van der Waals surface area contributed by atoms with Crippen molar-refractivity contribution >= 4 is 12.1 Å². The van der Waals surface area contributed by atoms with E-state index in [1.807, 2.05) is 5.32 Å². The van der Waals surface area contributed by atoms with Crippen molar-refractivity contribution in [1.82, 2.24) is 10.2 Å². The number of rotatable bonds is 11. The predicted molar refractivity (Wildman–Crippen MR) is 94.8 cm³/mol. The van der Waals surface area contributed by atoms with Crippen LogP contribution in [0, 0.1) is 0 Å². The second kappa shape index (κ2) is 20.7. The van der Waals surface area contributed by atoms with Crippen LogP contribution in [0.15, 0.2) is 0 Å². The van der Waals surface area contributed by atoms with E-state index in [-0.39, 0.29) is 17.6 Å². The van der Waals surface area contributed by atoms with Crippen molar-refractivity contribution in [1.29, 1.82) is 0 Å². The maximum absolute atomic E-state index is 11.7. The van der Waals surface area contributed by atoms with Crippen molar-refractivity contribution < 1.29 is 89.4 Å². The second-order valence-electron chi connectivity index (χ2n) is 6.96. The van der Waals surface area contributed by atoms with E-state index in [1.54, 1.807) is 14.1 Å². The quantitative estimate of drug-likeness (QED) is 0.125. The average Bonchev–Trinajstić information content (AvgIpc) is 2.70. The number of carboxylic acids is 1. The smallest absolute Gasteiger partial charge is 0.416 e. The Balaban J connectivity index is -0.000000212. The Morgan fingerprint density at radius 2 is 1.24 bits per heavy atom. The zero-order chi connectivity index (χ0) is 31.5. The highest BCUT2D eigenvalue weighted by Gasteiger charge is 2.50. The molecule has 0 bridgehead atoms. The van der Waals surface area contributed by atoms with Gasteiger partial charge in [-0.3, -0.25) is 0 Å². The summed E-state index contributed by atoms with van der Waals surface area (Å²) in [5.74, 6) is -6.29. The first-order valence-corrected chi connectivity index (χ1v) is 9.27. The van der Waals surface area contributed by atoms with Crippen LogP contribution in [0.4, 0.5) is 75.0 Å². The summed E-state index contributed by atoms with van der Waals surface area (Å²) in [6.45, 7) is -10.3. The van der Waals surface area contributed by atoms with Gasteiger partial charge < -0.3 is 19.7 Å². The molecule has 0 radical (unpaired) electrons. The number of carbonyl (C=O) groups excluding carboxylic acids is 2. The van der Waals surface area contributed by atoms with Crippen molar-refractivity contribution in [3.8, 4) is 0 Å². The minimum absolute atomic E-state index is 0.0937. The highest BCUT2D eigenvalue weighted by atomic mass is 19.4. The van der Waals surface area contributed by atoms with Crippen LogP contribution in [0.3, 0.4) is 0 Å². The van der Waals surface area contributed by atoms with Crippen LogP contribution in [-0.4, -0.2) is 107 Å². The Hall–Kier alpha value is -2.26. The van der Waals surface area contributed by atoms with Crippen LogP contribution >= 0.6 is 0 Å². The van der Waals surface area contributed by atoms with Gasteiger partial charge in [-0.15, -0.1) is 4.39 Å². The van der Waals surface area contributed by atoms with E-state index in [4.69, 9.17) is 0 Å². The van der Waals surface area contributed by atoms with E-state index in [2.05, 4.69) is 0 Å². The van der Waals surface area contributed by atoms with Crippen molar-refractivity contribution in [2.75, 3.05) is 47.2 Å². The third kappa shape index (κ3) is 28.3. The van der Waals surface area contributed by atoms with Crippen LogP contribution in [-0.2, 0) is 4.79 Å². The zero-order valence-electron chi connectivity index (χ0n) is 19.2. The van der Waals surface area contributed by atoms with Gasteiger partial charge in [-0.1, -0.05) is 0 Å². The minimum atomic E-state index is -5.17. The first kappa shape index (κ1) is 42.8. The Kier molecular flexibility index (Phi) is 23.3. The van der Waals surface area contributed by atoms with Gasteiger partial charge in [0.15, 0.2) is 13.5 Å². The molecule has 0 aromatic heterocycles. The van der Waals surface area contributed by atoms with Gasteiger partial charge in [-0.25, -0.2) is 31.1 Å². The van der Waals surface area contributed by atoms with E-state index in [1.165, 1.54) is 0 Å². The topological polar surface area (TPSA) is 72.5 Å². The lowest BCUT2D eigenvalue weighted by atomic mass is 10.3. The van der Waals surface area contributed by atoms with Crippen LogP contribution in [0.2, 0.25) is 0 Å². The van der Waals surface area contributed by atoms with Gasteiger partial charge in [-0.2, -0.15) is 44.4 Å². The molecule has 232 valence electrons. The summed E-state index contributed by atoms with van der Waals surface area (Å²) >= 11 is 0. The molecule has 0 unspecified atom stereocenters. The summed E-state index contributed by atoms with van der Waals surface area (Å²) in [7, 11) is 3.46. The van der Waals surface area contributed by atoms with Gasteiger partial charge in [0, 0.05) is 13.0 Å². The summed E-state index contributed by atoms with van der Waals surface area (Å²) in [4.78, 5) is 19.3. The van der Waals surface area contributed by atoms with Crippen LogP contribution in [0.1, 0.15) is 6.42 Å². The molecule has 0 aromatic rings. The van der Waals surface area contributed by atoms with Crippen LogP contribution < -0.4 is 10.4 Å². The lowest BCUT2D eigenvalue weighted by molar-refractivity contribution is -0.884. The summed E-state index contributed by atoms with van der Waals surface area (Å²) in [5.41, 5.74) is 0. The molecule has 0 saturated carbocycles. The molecule has 0 saturated heterocycles. The van der Waals surface area contributed by atoms with Gasteiger partial charge in [0.1, 0.15) is 6.54 Å². The Morgan fingerprint density at radius 1 is 0.868 bits per heavy atom. The summed E-state index contributed by atoms with van der Waals surface area (Å²) in [5, 5.41) is 12.3. The second-order valence-corrected chi connectivity index (χ2v) is 6.96. The highest BCUT2D eigenvalue weighted by Crippen LogP contribution is 2.29. The molecule has 1 N–H and O–H groups in total. The maximum Gasteiger partial charge on any atom is 0.416 e. The van der Waals surface area contributed by atoms with Crippen molar-refractivity contribution in [3.63, 3.8) is 0 Å². The summed E-state index contributed by atoms with van der Waals surface area (Å²) in [6, 6.07) is 0. The maximum atomic E-state index is 11.7. The monoisotopic (exact) mass is 609 g/mol. The first-order chi connectivity index (χ1) is 16.9. The molecule has 0 aromatic carbocycles. The third-order valence-corrected chi connectivity index (χ3v) is 3.13. The molecule has 0 heterocycles. The standard InChI is InChI=1S/C8H15FN2O3.C3H2F6.C3H4F5N.C2H2F4/c1-11(2,6-7(12)13)5-3-4-10-8(9)14;4-1(5)3(8,9)2(6)7;4-1-9(2(5)6)3(7)8;3-1-2(4,5)6/h3-6H2,1-2H3,(H-,10,12,13,14);1-2H;2-3H,1H2;1H2. The molecule has 0 atom stereocenters. The van der Waals surface area contributed by atoms with Crippen molar-refractivity contribution in [2.24, 2.45) is 0 Å². The van der Waals surface area contributed by atoms with Gasteiger partial charge in [0.25, 0.3) is 0 Å². The fourth-order valence-electron chi connectivity index (χ4n) is 1.41. The molecule has 0 spiro atoms. The van der Waals surface area contributed by atoms with E-state index in [0.717, 1.165) is 0 Å². The van der Waals surface area contributed by atoms with Gasteiger partial charge in [-0.05, 0) is 0 Å². The molecule has 22 heteroatoms. The molecule has 0 rings (SSSR count). The zero-order valence-corrected chi connectivity index (χ0v) is 19.2. The SMILES string of the molecule is C[N+](C)(CCCNC(=O)F)CC(=O)[O-].FC(F)C(F)(F)C(F)F.FCC(F)(F)F.FCN(C(F)F)C(F)F. The number of hydrogen-bond acceptors (Lipinski definition) is 4.